The number of H-pyrrole nitrogens is 1. The molecule has 6 nitrogen and oxygen atoms in total. The number of aromatic amines is 1. The summed E-state index contributed by atoms with van der Waals surface area (Å²) in [6, 6.07) is 18.0. The Morgan fingerprint density at radius 2 is 1.97 bits per heavy atom. The van der Waals surface area contributed by atoms with Gasteiger partial charge in [0.2, 0.25) is 5.91 Å². The van der Waals surface area contributed by atoms with Crippen molar-refractivity contribution in [1.29, 1.82) is 0 Å². The monoisotopic (exact) mass is 439 g/mol. The number of nitrogens with zero attached hydrogens (tertiary/aromatic N) is 2. The average molecular weight is 440 g/mol. The van der Waals surface area contributed by atoms with Gasteiger partial charge in [0.1, 0.15) is 11.6 Å². The van der Waals surface area contributed by atoms with Gasteiger partial charge in [-0.15, -0.1) is 0 Å². The van der Waals surface area contributed by atoms with E-state index in [1.54, 1.807) is 0 Å². The fourth-order valence-corrected chi connectivity index (χ4v) is 4.32. The number of anilines is 1. The van der Waals surface area contributed by atoms with Crippen molar-refractivity contribution in [2.24, 2.45) is 0 Å². The number of para-hydroxylation sites is 1. The summed E-state index contributed by atoms with van der Waals surface area (Å²) >= 11 is 0. The van der Waals surface area contributed by atoms with Crippen LogP contribution in [0.15, 0.2) is 60.8 Å². The van der Waals surface area contributed by atoms with Gasteiger partial charge in [-0.1, -0.05) is 48.0 Å². The molecule has 5 rings (SSSR count). The summed E-state index contributed by atoms with van der Waals surface area (Å²) in [6.07, 6.45) is 5.27. The van der Waals surface area contributed by atoms with Gasteiger partial charge in [-0.2, -0.15) is 0 Å². The molecule has 3 N–H and O–H groups in total. The number of hydrogen-bond donors (Lipinski definition) is 3. The van der Waals surface area contributed by atoms with Gasteiger partial charge >= 0.3 is 0 Å². The molecule has 0 radical (unpaired) electrons. The molecule has 1 aliphatic rings. The molecule has 4 aromatic rings. The van der Waals surface area contributed by atoms with E-state index in [0.717, 1.165) is 52.4 Å². The van der Waals surface area contributed by atoms with Crippen LogP contribution >= 0.6 is 0 Å². The van der Waals surface area contributed by atoms with Gasteiger partial charge in [-0.05, 0) is 37.0 Å². The van der Waals surface area contributed by atoms with Gasteiger partial charge in [0.05, 0.1) is 18.2 Å². The third-order valence-corrected chi connectivity index (χ3v) is 6.20. The average Bonchev–Trinajstić information content (AvgIpc) is 3.60. The highest BCUT2D eigenvalue weighted by molar-refractivity contribution is 5.83. The van der Waals surface area contributed by atoms with Crippen molar-refractivity contribution in [2.45, 2.75) is 44.6 Å². The van der Waals surface area contributed by atoms with Crippen LogP contribution in [0.25, 0.3) is 10.9 Å². The first-order valence-electron chi connectivity index (χ1n) is 11.6. The third kappa shape index (κ3) is 4.90. The summed E-state index contributed by atoms with van der Waals surface area (Å²) in [5, 5.41) is 7.60. The number of aromatic nitrogens is 3. The molecule has 1 saturated carbocycles. The minimum atomic E-state index is -0.255. The quantitative estimate of drug-likeness (QED) is 0.367. The standard InChI is InChI=1S/C27H29N5O/c1-17-6-5-7-18(12-17)13-26(33)30-23(14-20-16-29-22-9-4-3-8-21(20)22)24-15-25(28-2)32-27(31-24)19-10-11-19/h3-9,12,15-16,19,23,29H,10-11,13-14H2,1-2H3,(H,30,33)(H,28,31,32)/t23-/m1/s1. The van der Waals surface area contributed by atoms with E-state index in [0.29, 0.717) is 18.8 Å². The van der Waals surface area contributed by atoms with E-state index in [9.17, 15) is 4.79 Å². The number of carbonyl (C=O) groups is 1. The van der Waals surface area contributed by atoms with Crippen molar-refractivity contribution >= 4 is 22.6 Å². The van der Waals surface area contributed by atoms with Crippen molar-refractivity contribution < 1.29 is 4.79 Å². The fraction of sp³-hybridized carbons (Fsp3) is 0.296. The molecule has 1 fully saturated rings. The molecule has 33 heavy (non-hydrogen) atoms. The first-order chi connectivity index (χ1) is 16.1. The smallest absolute Gasteiger partial charge is 0.224 e. The van der Waals surface area contributed by atoms with E-state index >= 15 is 0 Å². The Kier molecular flexibility index (Phi) is 5.82. The van der Waals surface area contributed by atoms with Crippen LogP contribution in [-0.4, -0.2) is 27.9 Å². The Balaban J connectivity index is 1.46. The van der Waals surface area contributed by atoms with E-state index in [-0.39, 0.29) is 11.9 Å². The molecule has 0 bridgehead atoms. The van der Waals surface area contributed by atoms with Crippen molar-refractivity contribution in [3.8, 4) is 0 Å². The fourth-order valence-electron chi connectivity index (χ4n) is 4.32. The molecule has 0 saturated heterocycles. The van der Waals surface area contributed by atoms with Crippen molar-refractivity contribution in [1.82, 2.24) is 20.3 Å². The molecular weight excluding hydrogens is 410 g/mol. The molecule has 1 amide bonds. The van der Waals surface area contributed by atoms with Gasteiger partial charge in [-0.25, -0.2) is 9.97 Å². The number of fused-ring (bicyclic) bond motifs is 1. The molecule has 1 atom stereocenters. The molecule has 0 unspecified atom stereocenters. The SMILES string of the molecule is CNc1cc([C@@H](Cc2c[nH]c3ccccc23)NC(=O)Cc2cccc(C)c2)nc(C2CC2)n1. The maximum absolute atomic E-state index is 13.1. The topological polar surface area (TPSA) is 82.7 Å². The summed E-state index contributed by atoms with van der Waals surface area (Å²) in [7, 11) is 1.87. The van der Waals surface area contributed by atoms with Gasteiger partial charge in [-0.3, -0.25) is 4.79 Å². The van der Waals surface area contributed by atoms with Crippen LogP contribution in [-0.2, 0) is 17.6 Å². The molecule has 2 heterocycles. The summed E-state index contributed by atoms with van der Waals surface area (Å²) in [6.45, 7) is 2.04. The first-order valence-corrected chi connectivity index (χ1v) is 11.6. The second kappa shape index (κ2) is 9.06. The van der Waals surface area contributed by atoms with E-state index in [1.807, 2.05) is 56.6 Å². The predicted molar refractivity (Wildman–Crippen MR) is 131 cm³/mol. The maximum Gasteiger partial charge on any atom is 0.224 e. The van der Waals surface area contributed by atoms with Crippen LogP contribution in [0.3, 0.4) is 0 Å². The van der Waals surface area contributed by atoms with Crippen LogP contribution in [0.4, 0.5) is 5.82 Å². The molecule has 168 valence electrons. The molecule has 0 spiro atoms. The number of nitrogens with one attached hydrogen (secondary N) is 3. The Bertz CT molecular complexity index is 1290. The molecule has 0 aliphatic heterocycles. The lowest BCUT2D eigenvalue weighted by atomic mass is 10.0. The minimum absolute atomic E-state index is 0.0111. The minimum Gasteiger partial charge on any atom is -0.373 e. The maximum atomic E-state index is 13.1. The number of benzene rings is 2. The highest BCUT2D eigenvalue weighted by atomic mass is 16.1. The number of aryl methyl sites for hydroxylation is 1. The molecule has 6 heteroatoms. The summed E-state index contributed by atoms with van der Waals surface area (Å²) in [4.78, 5) is 26.0. The largest absolute Gasteiger partial charge is 0.373 e. The Hall–Kier alpha value is -3.67. The van der Waals surface area contributed by atoms with Crippen LogP contribution in [0.5, 0.6) is 0 Å². The third-order valence-electron chi connectivity index (χ3n) is 6.20. The summed E-state index contributed by atoms with van der Waals surface area (Å²) in [5.74, 6) is 2.07. The molecule has 2 aromatic heterocycles. The van der Waals surface area contributed by atoms with Gasteiger partial charge < -0.3 is 15.6 Å². The number of rotatable bonds is 8. The van der Waals surface area contributed by atoms with E-state index in [1.165, 1.54) is 5.39 Å². The molecule has 1 aliphatic carbocycles. The second-order valence-electron chi connectivity index (χ2n) is 8.91. The van der Waals surface area contributed by atoms with E-state index in [2.05, 4.69) is 38.8 Å². The number of carbonyl (C=O) groups excluding carboxylic acids is 1. The zero-order valence-electron chi connectivity index (χ0n) is 19.1. The summed E-state index contributed by atoms with van der Waals surface area (Å²) < 4.78 is 0. The Labute approximate surface area is 193 Å². The zero-order valence-corrected chi connectivity index (χ0v) is 19.1. The van der Waals surface area contributed by atoms with Gasteiger partial charge in [0, 0.05) is 42.6 Å². The second-order valence-corrected chi connectivity index (χ2v) is 8.91. The van der Waals surface area contributed by atoms with Crippen LogP contribution in [0.2, 0.25) is 0 Å². The lowest BCUT2D eigenvalue weighted by molar-refractivity contribution is -0.121. The lowest BCUT2D eigenvalue weighted by Crippen LogP contribution is -2.32. The first kappa shape index (κ1) is 21.2. The van der Waals surface area contributed by atoms with Gasteiger partial charge in [0.15, 0.2) is 0 Å². The molecular formula is C27H29N5O. The van der Waals surface area contributed by atoms with Crippen molar-refractivity contribution in [2.75, 3.05) is 12.4 Å². The van der Waals surface area contributed by atoms with Gasteiger partial charge in [0.25, 0.3) is 0 Å². The highest BCUT2D eigenvalue weighted by Crippen LogP contribution is 2.39. The van der Waals surface area contributed by atoms with Crippen LogP contribution < -0.4 is 10.6 Å². The van der Waals surface area contributed by atoms with Crippen LogP contribution in [0.1, 0.15) is 53.0 Å². The zero-order chi connectivity index (χ0) is 22.8. The highest BCUT2D eigenvalue weighted by Gasteiger charge is 2.29. The van der Waals surface area contributed by atoms with E-state index in [4.69, 9.17) is 4.98 Å². The number of hydrogen-bond acceptors (Lipinski definition) is 4. The van der Waals surface area contributed by atoms with Crippen molar-refractivity contribution in [3.63, 3.8) is 0 Å². The van der Waals surface area contributed by atoms with Crippen molar-refractivity contribution in [3.05, 3.63) is 89.0 Å². The Morgan fingerprint density at radius 1 is 1.12 bits per heavy atom. The Morgan fingerprint density at radius 3 is 2.76 bits per heavy atom. The lowest BCUT2D eigenvalue weighted by Gasteiger charge is -2.20. The summed E-state index contributed by atoms with van der Waals surface area (Å²) in [5.41, 5.74) is 5.26. The molecule has 2 aromatic carbocycles. The number of amides is 1. The predicted octanol–water partition coefficient (Wildman–Crippen LogP) is 4.83. The van der Waals surface area contributed by atoms with E-state index < -0.39 is 0 Å². The van der Waals surface area contributed by atoms with Crippen LogP contribution in [0, 0.1) is 6.92 Å². The normalized spacial score (nSPS) is 14.2.